The Morgan fingerprint density at radius 1 is 1.03 bits per heavy atom. The van der Waals surface area contributed by atoms with Gasteiger partial charge in [0.1, 0.15) is 11.0 Å². The molecule has 0 aliphatic carbocycles. The number of rotatable bonds is 5. The van der Waals surface area contributed by atoms with Crippen molar-refractivity contribution in [1.29, 1.82) is 0 Å². The Hall–Kier alpha value is -2.52. The smallest absolute Gasteiger partial charge is 0.223 e. The van der Waals surface area contributed by atoms with E-state index in [-0.39, 0.29) is 23.0 Å². The van der Waals surface area contributed by atoms with Crippen LogP contribution in [-0.2, 0) is 14.6 Å². The summed E-state index contributed by atoms with van der Waals surface area (Å²) in [6, 6.07) is 11.2. The molecular weight excluding hydrogens is 420 g/mol. The Morgan fingerprint density at radius 2 is 1.77 bits per heavy atom. The Balaban J connectivity index is 1.37. The fourth-order valence-electron chi connectivity index (χ4n) is 3.80. The van der Waals surface area contributed by atoms with Crippen molar-refractivity contribution in [2.75, 3.05) is 36.8 Å². The van der Waals surface area contributed by atoms with Crippen LogP contribution in [0.1, 0.15) is 17.5 Å². The van der Waals surface area contributed by atoms with Crippen molar-refractivity contribution in [3.63, 3.8) is 0 Å². The van der Waals surface area contributed by atoms with E-state index in [0.717, 1.165) is 24.8 Å². The number of benzene rings is 2. The average molecular weight is 445 g/mol. The highest BCUT2D eigenvalue weighted by atomic mass is 32.2. The Labute approximate surface area is 180 Å². The number of carbonyl (C=O) groups is 1. The summed E-state index contributed by atoms with van der Waals surface area (Å²) in [4.78, 5) is 16.9. The zero-order valence-electron chi connectivity index (χ0n) is 17.0. The lowest BCUT2D eigenvalue weighted by atomic mass is 10.1. The molecule has 1 fully saturated rings. The zero-order chi connectivity index (χ0) is 21.3. The highest BCUT2D eigenvalue weighted by molar-refractivity contribution is 7.91. The molecule has 0 saturated carbocycles. The van der Waals surface area contributed by atoms with Crippen molar-refractivity contribution in [3.8, 4) is 0 Å². The van der Waals surface area contributed by atoms with Gasteiger partial charge in [-0.2, -0.15) is 8.75 Å². The normalized spacial score (nSPS) is 15.0. The molecule has 4 rings (SSSR count). The Bertz CT molecular complexity index is 1180. The predicted octanol–water partition coefficient (Wildman–Crippen LogP) is 2.82. The van der Waals surface area contributed by atoms with Gasteiger partial charge in [-0.05, 0) is 43.2 Å². The minimum atomic E-state index is -3.61. The molecule has 1 amide bonds. The second-order valence-electron chi connectivity index (χ2n) is 7.54. The van der Waals surface area contributed by atoms with Gasteiger partial charge in [0.05, 0.1) is 22.4 Å². The van der Waals surface area contributed by atoms with Crippen LogP contribution < -0.4 is 4.90 Å². The van der Waals surface area contributed by atoms with Crippen LogP contribution in [-0.4, -0.2) is 59.9 Å². The summed E-state index contributed by atoms with van der Waals surface area (Å²) in [6.07, 6.45) is -0.0280. The SMILES string of the molecule is Cc1cccc(N2CCN(C(=O)CCS(=O)(=O)c3cccc4nsnc34)CC2)c1C. The second-order valence-corrected chi connectivity index (χ2v) is 10.1. The van der Waals surface area contributed by atoms with Crippen LogP contribution in [0, 0.1) is 13.8 Å². The van der Waals surface area contributed by atoms with Gasteiger partial charge in [-0.1, -0.05) is 18.2 Å². The van der Waals surface area contributed by atoms with E-state index in [9.17, 15) is 13.2 Å². The molecule has 9 heteroatoms. The number of aromatic nitrogens is 2. The summed E-state index contributed by atoms with van der Waals surface area (Å²) in [5, 5.41) is 0. The van der Waals surface area contributed by atoms with Crippen LogP contribution in [0.25, 0.3) is 11.0 Å². The third kappa shape index (κ3) is 4.04. The summed E-state index contributed by atoms with van der Waals surface area (Å²) in [5.41, 5.74) is 4.66. The molecule has 0 unspecified atom stereocenters. The van der Waals surface area contributed by atoms with E-state index in [1.165, 1.54) is 22.9 Å². The molecule has 1 aliphatic rings. The van der Waals surface area contributed by atoms with Gasteiger partial charge in [-0.25, -0.2) is 8.42 Å². The quantitative estimate of drug-likeness (QED) is 0.602. The van der Waals surface area contributed by atoms with Crippen molar-refractivity contribution in [1.82, 2.24) is 13.6 Å². The molecule has 2 aromatic carbocycles. The molecule has 2 heterocycles. The number of sulfone groups is 1. The number of aryl methyl sites for hydroxylation is 1. The van der Waals surface area contributed by atoms with Crippen molar-refractivity contribution in [2.45, 2.75) is 25.2 Å². The molecule has 0 radical (unpaired) electrons. The van der Waals surface area contributed by atoms with Crippen LogP contribution in [0.2, 0.25) is 0 Å². The van der Waals surface area contributed by atoms with Crippen molar-refractivity contribution in [2.24, 2.45) is 0 Å². The largest absolute Gasteiger partial charge is 0.368 e. The average Bonchev–Trinajstić information content (AvgIpc) is 3.23. The van der Waals surface area contributed by atoms with E-state index in [4.69, 9.17) is 0 Å². The maximum Gasteiger partial charge on any atom is 0.223 e. The number of fused-ring (bicyclic) bond motifs is 1. The number of hydrogen-bond acceptors (Lipinski definition) is 7. The maximum absolute atomic E-state index is 12.8. The van der Waals surface area contributed by atoms with Gasteiger partial charge in [0.25, 0.3) is 0 Å². The van der Waals surface area contributed by atoms with E-state index in [2.05, 4.69) is 45.7 Å². The first-order chi connectivity index (χ1) is 14.4. The summed E-state index contributed by atoms with van der Waals surface area (Å²) < 4.78 is 33.8. The van der Waals surface area contributed by atoms with E-state index in [1.807, 2.05) is 0 Å². The highest BCUT2D eigenvalue weighted by Crippen LogP contribution is 2.25. The lowest BCUT2D eigenvalue weighted by Gasteiger charge is -2.37. The number of anilines is 1. The Morgan fingerprint density at radius 3 is 2.53 bits per heavy atom. The van der Waals surface area contributed by atoms with Gasteiger partial charge < -0.3 is 9.80 Å². The molecule has 0 atom stereocenters. The van der Waals surface area contributed by atoms with E-state index in [1.54, 1.807) is 17.0 Å². The first-order valence-corrected chi connectivity index (χ1v) is 12.3. The first-order valence-electron chi connectivity index (χ1n) is 9.90. The number of nitrogens with zero attached hydrogens (tertiary/aromatic N) is 4. The number of hydrogen-bond donors (Lipinski definition) is 0. The van der Waals surface area contributed by atoms with Crippen molar-refractivity contribution < 1.29 is 13.2 Å². The van der Waals surface area contributed by atoms with Crippen molar-refractivity contribution >= 4 is 44.2 Å². The lowest BCUT2D eigenvalue weighted by molar-refractivity contribution is -0.131. The minimum Gasteiger partial charge on any atom is -0.368 e. The van der Waals surface area contributed by atoms with Gasteiger partial charge in [-0.15, -0.1) is 0 Å². The number of piperazine rings is 1. The number of amides is 1. The van der Waals surface area contributed by atoms with Crippen LogP contribution >= 0.6 is 11.7 Å². The third-order valence-corrected chi connectivity index (χ3v) is 8.00. The molecule has 30 heavy (non-hydrogen) atoms. The predicted molar refractivity (Wildman–Crippen MR) is 119 cm³/mol. The third-order valence-electron chi connectivity index (χ3n) is 5.72. The van der Waals surface area contributed by atoms with Gasteiger partial charge in [0.15, 0.2) is 9.84 Å². The molecule has 1 saturated heterocycles. The summed E-state index contributed by atoms with van der Waals surface area (Å²) in [6.45, 7) is 6.89. The van der Waals surface area contributed by atoms with E-state index < -0.39 is 9.84 Å². The molecule has 1 aliphatic heterocycles. The lowest BCUT2D eigenvalue weighted by Crippen LogP contribution is -2.49. The van der Waals surface area contributed by atoms with E-state index >= 15 is 0 Å². The molecule has 3 aromatic rings. The fraction of sp³-hybridized carbons (Fsp3) is 0.381. The molecule has 1 aromatic heterocycles. The van der Waals surface area contributed by atoms with Gasteiger partial charge in [0.2, 0.25) is 5.91 Å². The highest BCUT2D eigenvalue weighted by Gasteiger charge is 2.25. The number of carbonyl (C=O) groups excluding carboxylic acids is 1. The molecular formula is C21H24N4O3S2. The fourth-order valence-corrected chi connectivity index (χ4v) is 5.80. The van der Waals surface area contributed by atoms with Gasteiger partial charge in [0, 0.05) is 38.3 Å². The molecule has 0 spiro atoms. The summed E-state index contributed by atoms with van der Waals surface area (Å²) >= 11 is 0.986. The second kappa shape index (κ2) is 8.31. The zero-order valence-corrected chi connectivity index (χ0v) is 18.7. The van der Waals surface area contributed by atoms with E-state index in [0.29, 0.717) is 24.1 Å². The van der Waals surface area contributed by atoms with Crippen molar-refractivity contribution in [3.05, 3.63) is 47.5 Å². The van der Waals surface area contributed by atoms with Gasteiger partial charge >= 0.3 is 0 Å². The van der Waals surface area contributed by atoms with Crippen LogP contribution in [0.3, 0.4) is 0 Å². The topological polar surface area (TPSA) is 83.5 Å². The Kier molecular flexibility index (Phi) is 5.75. The molecule has 7 nitrogen and oxygen atoms in total. The minimum absolute atomic E-state index is 0.0280. The maximum atomic E-state index is 12.8. The van der Waals surface area contributed by atoms with Crippen LogP contribution in [0.4, 0.5) is 5.69 Å². The summed E-state index contributed by atoms with van der Waals surface area (Å²) in [7, 11) is -3.61. The molecule has 0 bridgehead atoms. The molecule has 158 valence electrons. The monoisotopic (exact) mass is 444 g/mol. The standard InChI is InChI=1S/C21H24N4O3S2/c1-15-5-3-7-18(16(15)2)24-10-12-25(13-11-24)20(26)9-14-30(27,28)19-8-4-6-17-21(19)23-29-22-17/h3-8H,9-14H2,1-2H3. The first kappa shape index (κ1) is 20.7. The van der Waals surface area contributed by atoms with Crippen LogP contribution in [0.5, 0.6) is 0 Å². The van der Waals surface area contributed by atoms with Crippen LogP contribution in [0.15, 0.2) is 41.3 Å². The van der Waals surface area contributed by atoms with Gasteiger partial charge in [-0.3, -0.25) is 4.79 Å². The summed E-state index contributed by atoms with van der Waals surface area (Å²) in [5.74, 6) is -0.345. The molecule has 0 N–H and O–H groups in total.